The summed E-state index contributed by atoms with van der Waals surface area (Å²) in [4.78, 5) is 25.4. The fourth-order valence-electron chi connectivity index (χ4n) is 2.56. The number of carbonyl (C=O) groups excluding carboxylic acids is 1. The molecule has 6 nitrogen and oxygen atoms in total. The Bertz CT molecular complexity index is 508. The molecule has 1 amide bonds. The summed E-state index contributed by atoms with van der Waals surface area (Å²) < 4.78 is 6.55. The van der Waals surface area contributed by atoms with Gasteiger partial charge < -0.3 is 19.3 Å². The first-order valence-electron chi connectivity index (χ1n) is 7.21. The number of amides is 1. The van der Waals surface area contributed by atoms with Gasteiger partial charge in [-0.05, 0) is 37.8 Å². The SMILES string of the molecule is COCCN(C(=O)Cn1cccc1C(=O)O)C(C)C1CC1. The van der Waals surface area contributed by atoms with Gasteiger partial charge in [-0.3, -0.25) is 4.79 Å². The minimum Gasteiger partial charge on any atom is -0.477 e. The van der Waals surface area contributed by atoms with Gasteiger partial charge in [0.1, 0.15) is 12.2 Å². The van der Waals surface area contributed by atoms with Crippen LogP contribution in [0.3, 0.4) is 0 Å². The highest BCUT2D eigenvalue weighted by molar-refractivity contribution is 5.87. The third-order valence-corrected chi connectivity index (χ3v) is 4.01. The molecule has 1 atom stereocenters. The van der Waals surface area contributed by atoms with Crippen molar-refractivity contribution in [3.05, 3.63) is 24.0 Å². The Hall–Kier alpha value is -1.82. The molecular formula is C15H22N2O4. The van der Waals surface area contributed by atoms with E-state index < -0.39 is 5.97 Å². The topological polar surface area (TPSA) is 71.8 Å². The number of hydrogen-bond donors (Lipinski definition) is 1. The zero-order chi connectivity index (χ0) is 15.4. The number of hydrogen-bond acceptors (Lipinski definition) is 3. The molecule has 1 aliphatic carbocycles. The van der Waals surface area contributed by atoms with E-state index in [-0.39, 0.29) is 24.2 Å². The number of carboxylic acids is 1. The molecule has 116 valence electrons. The molecule has 1 unspecified atom stereocenters. The minimum absolute atomic E-state index is 0.0510. The summed E-state index contributed by atoms with van der Waals surface area (Å²) in [7, 11) is 1.61. The van der Waals surface area contributed by atoms with Crippen molar-refractivity contribution in [3.8, 4) is 0 Å². The predicted molar refractivity (Wildman–Crippen MR) is 77.2 cm³/mol. The lowest BCUT2D eigenvalue weighted by molar-refractivity contribution is -0.135. The molecule has 1 aliphatic rings. The van der Waals surface area contributed by atoms with Gasteiger partial charge in [-0.1, -0.05) is 0 Å². The Balaban J connectivity index is 2.06. The number of carboxylic acid groups (broad SMARTS) is 1. The molecule has 0 aliphatic heterocycles. The van der Waals surface area contributed by atoms with Crippen LogP contribution in [0.25, 0.3) is 0 Å². The summed E-state index contributed by atoms with van der Waals surface area (Å²) in [5, 5.41) is 9.09. The van der Waals surface area contributed by atoms with Gasteiger partial charge >= 0.3 is 5.97 Å². The van der Waals surface area contributed by atoms with E-state index in [1.54, 1.807) is 19.4 Å². The number of methoxy groups -OCH3 is 1. The highest BCUT2D eigenvalue weighted by atomic mass is 16.5. The smallest absolute Gasteiger partial charge is 0.352 e. The Morgan fingerprint density at radius 2 is 2.24 bits per heavy atom. The highest BCUT2D eigenvalue weighted by Gasteiger charge is 2.34. The number of ether oxygens (including phenoxy) is 1. The number of nitrogens with zero attached hydrogens (tertiary/aromatic N) is 2. The molecular weight excluding hydrogens is 272 g/mol. The summed E-state index contributed by atoms with van der Waals surface area (Å²) in [5.74, 6) is -0.522. The fourth-order valence-corrected chi connectivity index (χ4v) is 2.56. The summed E-state index contributed by atoms with van der Waals surface area (Å²) in [5.41, 5.74) is 0.133. The maximum Gasteiger partial charge on any atom is 0.352 e. The van der Waals surface area contributed by atoms with Crippen molar-refractivity contribution >= 4 is 11.9 Å². The quantitative estimate of drug-likeness (QED) is 0.788. The van der Waals surface area contributed by atoms with E-state index in [9.17, 15) is 9.59 Å². The number of carbonyl (C=O) groups is 2. The maximum atomic E-state index is 12.5. The summed E-state index contributed by atoms with van der Waals surface area (Å²) >= 11 is 0. The molecule has 1 N–H and O–H groups in total. The standard InChI is InChI=1S/C15H22N2O4/c1-11(12-5-6-12)17(8-9-21-2)14(18)10-16-7-3-4-13(16)15(19)20/h3-4,7,11-12H,5-6,8-10H2,1-2H3,(H,19,20). The molecule has 0 spiro atoms. The number of aromatic nitrogens is 1. The van der Waals surface area contributed by atoms with Crippen LogP contribution in [0.5, 0.6) is 0 Å². The van der Waals surface area contributed by atoms with E-state index in [4.69, 9.17) is 9.84 Å². The lowest BCUT2D eigenvalue weighted by Gasteiger charge is -2.29. The van der Waals surface area contributed by atoms with Gasteiger partial charge in [-0.15, -0.1) is 0 Å². The third kappa shape index (κ3) is 3.85. The average molecular weight is 294 g/mol. The van der Waals surface area contributed by atoms with Crippen LogP contribution in [0.2, 0.25) is 0 Å². The number of rotatable bonds is 8. The predicted octanol–water partition coefficient (Wildman–Crippen LogP) is 1.46. The Morgan fingerprint density at radius 3 is 2.81 bits per heavy atom. The first-order chi connectivity index (χ1) is 10.0. The average Bonchev–Trinajstić information content (AvgIpc) is 3.19. The molecule has 0 radical (unpaired) electrons. The van der Waals surface area contributed by atoms with Crippen LogP contribution in [-0.4, -0.2) is 52.8 Å². The van der Waals surface area contributed by atoms with Gasteiger partial charge in [0.2, 0.25) is 5.91 Å². The normalized spacial score (nSPS) is 15.7. The van der Waals surface area contributed by atoms with E-state index >= 15 is 0 Å². The lowest BCUT2D eigenvalue weighted by Crippen LogP contribution is -2.43. The van der Waals surface area contributed by atoms with E-state index in [2.05, 4.69) is 6.92 Å². The molecule has 1 saturated carbocycles. The zero-order valence-corrected chi connectivity index (χ0v) is 12.5. The van der Waals surface area contributed by atoms with Crippen molar-refractivity contribution in [2.75, 3.05) is 20.3 Å². The zero-order valence-electron chi connectivity index (χ0n) is 12.5. The molecule has 0 bridgehead atoms. The van der Waals surface area contributed by atoms with Crippen LogP contribution in [-0.2, 0) is 16.1 Å². The van der Waals surface area contributed by atoms with Crippen LogP contribution >= 0.6 is 0 Å². The Morgan fingerprint density at radius 1 is 1.52 bits per heavy atom. The van der Waals surface area contributed by atoms with Crippen LogP contribution in [0.1, 0.15) is 30.3 Å². The molecule has 1 aromatic heterocycles. The molecule has 2 rings (SSSR count). The minimum atomic E-state index is -1.02. The van der Waals surface area contributed by atoms with E-state index in [1.807, 2.05) is 4.90 Å². The van der Waals surface area contributed by atoms with Crippen molar-refractivity contribution in [1.82, 2.24) is 9.47 Å². The second-order valence-electron chi connectivity index (χ2n) is 5.48. The molecule has 0 aromatic carbocycles. The highest BCUT2D eigenvalue weighted by Crippen LogP contribution is 2.35. The second-order valence-corrected chi connectivity index (χ2v) is 5.48. The summed E-state index contributed by atoms with van der Waals surface area (Å²) in [6.07, 6.45) is 3.93. The van der Waals surface area contributed by atoms with Gasteiger partial charge in [0, 0.05) is 25.9 Å². The molecule has 1 heterocycles. The largest absolute Gasteiger partial charge is 0.477 e. The van der Waals surface area contributed by atoms with Crippen molar-refractivity contribution < 1.29 is 19.4 Å². The van der Waals surface area contributed by atoms with Gasteiger partial charge in [-0.25, -0.2) is 4.79 Å². The van der Waals surface area contributed by atoms with E-state index in [0.29, 0.717) is 19.1 Å². The Labute approximate surface area is 124 Å². The van der Waals surface area contributed by atoms with Crippen molar-refractivity contribution in [2.45, 2.75) is 32.4 Å². The van der Waals surface area contributed by atoms with Gasteiger partial charge in [0.25, 0.3) is 0 Å². The van der Waals surface area contributed by atoms with Crippen molar-refractivity contribution in [3.63, 3.8) is 0 Å². The van der Waals surface area contributed by atoms with Crippen molar-refractivity contribution in [2.24, 2.45) is 5.92 Å². The van der Waals surface area contributed by atoms with Crippen LogP contribution in [0, 0.1) is 5.92 Å². The van der Waals surface area contributed by atoms with E-state index in [1.165, 1.54) is 10.6 Å². The third-order valence-electron chi connectivity index (χ3n) is 4.01. The lowest BCUT2D eigenvalue weighted by atomic mass is 10.2. The Kier molecular flexibility index (Phi) is 5.01. The molecule has 6 heteroatoms. The fraction of sp³-hybridized carbons (Fsp3) is 0.600. The first kappa shape index (κ1) is 15.6. The van der Waals surface area contributed by atoms with Gasteiger partial charge in [-0.2, -0.15) is 0 Å². The van der Waals surface area contributed by atoms with Gasteiger partial charge in [0.05, 0.1) is 6.61 Å². The summed E-state index contributed by atoms with van der Waals surface area (Å²) in [6.45, 7) is 3.13. The maximum absolute atomic E-state index is 12.5. The van der Waals surface area contributed by atoms with Crippen LogP contribution in [0.4, 0.5) is 0 Å². The molecule has 1 fully saturated rings. The summed E-state index contributed by atoms with van der Waals surface area (Å²) in [6, 6.07) is 3.32. The van der Waals surface area contributed by atoms with Gasteiger partial charge in [0.15, 0.2) is 0 Å². The van der Waals surface area contributed by atoms with E-state index in [0.717, 1.165) is 12.8 Å². The second kappa shape index (κ2) is 6.76. The van der Waals surface area contributed by atoms with Crippen molar-refractivity contribution in [1.29, 1.82) is 0 Å². The van der Waals surface area contributed by atoms with Crippen LogP contribution < -0.4 is 0 Å². The molecule has 1 aromatic rings. The monoisotopic (exact) mass is 294 g/mol. The first-order valence-corrected chi connectivity index (χ1v) is 7.21. The molecule has 21 heavy (non-hydrogen) atoms. The van der Waals surface area contributed by atoms with Crippen LogP contribution in [0.15, 0.2) is 18.3 Å². The number of aromatic carboxylic acids is 1. The molecule has 0 saturated heterocycles.